The number of thiophene rings is 1. The van der Waals surface area contributed by atoms with Gasteiger partial charge in [-0.3, -0.25) is 19.2 Å². The van der Waals surface area contributed by atoms with Gasteiger partial charge in [0.1, 0.15) is 12.1 Å². The van der Waals surface area contributed by atoms with Gasteiger partial charge in [0.25, 0.3) is 0 Å². The van der Waals surface area contributed by atoms with Crippen LogP contribution in [0, 0.1) is 5.92 Å². The molecule has 9 heteroatoms. The van der Waals surface area contributed by atoms with Gasteiger partial charge in [0.15, 0.2) is 0 Å². The molecule has 4 atom stereocenters. The van der Waals surface area contributed by atoms with Gasteiger partial charge in [0.05, 0.1) is 12.5 Å². The molecule has 1 aromatic heterocycles. The van der Waals surface area contributed by atoms with Crippen LogP contribution in [0.1, 0.15) is 49.8 Å². The Balaban J connectivity index is 1.28. The molecule has 5 rings (SSSR count). The van der Waals surface area contributed by atoms with Crippen molar-refractivity contribution in [1.82, 2.24) is 20.4 Å². The second-order valence-corrected chi connectivity index (χ2v) is 10.5. The maximum atomic E-state index is 13.5. The van der Waals surface area contributed by atoms with Crippen molar-refractivity contribution in [1.29, 1.82) is 0 Å². The monoisotopic (exact) mass is 458 g/mol. The first-order valence-corrected chi connectivity index (χ1v) is 12.6. The van der Waals surface area contributed by atoms with Crippen molar-refractivity contribution < 1.29 is 19.2 Å². The quantitative estimate of drug-likeness (QED) is 0.705. The molecule has 2 N–H and O–H groups in total. The summed E-state index contributed by atoms with van der Waals surface area (Å²) in [7, 11) is 0. The van der Waals surface area contributed by atoms with Crippen LogP contribution in [-0.2, 0) is 25.6 Å². The van der Waals surface area contributed by atoms with Gasteiger partial charge in [-0.25, -0.2) is 0 Å². The van der Waals surface area contributed by atoms with Gasteiger partial charge >= 0.3 is 0 Å². The molecule has 0 bridgehead atoms. The van der Waals surface area contributed by atoms with Crippen LogP contribution in [0.2, 0.25) is 0 Å². The third-order valence-corrected chi connectivity index (χ3v) is 8.29. The van der Waals surface area contributed by atoms with Crippen LogP contribution in [0.15, 0.2) is 17.5 Å². The van der Waals surface area contributed by atoms with Crippen molar-refractivity contribution in [2.45, 2.75) is 75.5 Å². The van der Waals surface area contributed by atoms with E-state index in [0.717, 1.165) is 30.6 Å². The van der Waals surface area contributed by atoms with Gasteiger partial charge in [-0.2, -0.15) is 0 Å². The molecular weight excluding hydrogens is 428 g/mol. The third kappa shape index (κ3) is 4.02. The van der Waals surface area contributed by atoms with E-state index >= 15 is 0 Å². The van der Waals surface area contributed by atoms with Crippen LogP contribution in [0.3, 0.4) is 0 Å². The fourth-order valence-corrected chi connectivity index (χ4v) is 6.45. The summed E-state index contributed by atoms with van der Waals surface area (Å²) in [4.78, 5) is 56.3. The van der Waals surface area contributed by atoms with Gasteiger partial charge in [0.2, 0.25) is 23.6 Å². The maximum absolute atomic E-state index is 13.5. The molecule has 1 aromatic rings. The van der Waals surface area contributed by atoms with Crippen molar-refractivity contribution in [2.24, 2.45) is 5.92 Å². The minimum absolute atomic E-state index is 0.0401. The lowest BCUT2D eigenvalue weighted by molar-refractivity contribution is -0.144. The third-order valence-electron chi connectivity index (χ3n) is 7.41. The largest absolute Gasteiger partial charge is 0.351 e. The van der Waals surface area contributed by atoms with Crippen LogP contribution in [0.5, 0.6) is 0 Å². The summed E-state index contributed by atoms with van der Waals surface area (Å²) < 4.78 is 0. The molecule has 1 saturated carbocycles. The SMILES string of the molecule is O=C(NC1CC2C(=O)NC3CCN(C(=O)Cc4cccs4)C3C(=O)N2C1)C1CCCCC1. The second-order valence-electron chi connectivity index (χ2n) is 9.47. The average molecular weight is 459 g/mol. The lowest BCUT2D eigenvalue weighted by Crippen LogP contribution is -2.53. The van der Waals surface area contributed by atoms with E-state index in [2.05, 4.69) is 10.6 Å². The van der Waals surface area contributed by atoms with Gasteiger partial charge in [-0.05, 0) is 37.1 Å². The topological polar surface area (TPSA) is 98.8 Å². The smallest absolute Gasteiger partial charge is 0.248 e. The van der Waals surface area contributed by atoms with Crippen LogP contribution >= 0.6 is 11.3 Å². The molecular formula is C23H30N4O4S. The van der Waals surface area contributed by atoms with E-state index in [1.165, 1.54) is 17.8 Å². The number of nitrogens with zero attached hydrogens (tertiary/aromatic N) is 2. The molecule has 4 unspecified atom stereocenters. The highest BCUT2D eigenvalue weighted by Gasteiger charge is 2.52. The van der Waals surface area contributed by atoms with Crippen LogP contribution in [0.4, 0.5) is 0 Å². The molecule has 3 aliphatic heterocycles. The van der Waals surface area contributed by atoms with Crippen molar-refractivity contribution in [2.75, 3.05) is 13.1 Å². The standard InChI is InChI=1S/C23H30N4O4S/c28-19(12-16-7-4-10-32-16)26-9-8-17-20(26)23(31)27-13-15(11-18(27)22(30)25-17)24-21(29)14-5-2-1-3-6-14/h4,7,10,14-15,17-18,20H,1-3,5-6,8-9,11-13H2,(H,24,29)(H,25,30). The van der Waals surface area contributed by atoms with E-state index in [0.29, 0.717) is 25.9 Å². The Morgan fingerprint density at radius 3 is 2.72 bits per heavy atom. The Morgan fingerprint density at radius 1 is 1.16 bits per heavy atom. The number of carbonyl (C=O) groups is 4. The fraction of sp³-hybridized carbons (Fsp3) is 0.652. The van der Waals surface area contributed by atoms with E-state index in [4.69, 9.17) is 0 Å². The Labute approximate surface area is 191 Å². The molecule has 3 saturated heterocycles. The lowest BCUT2D eigenvalue weighted by Gasteiger charge is -2.29. The molecule has 0 radical (unpaired) electrons. The number of rotatable bonds is 4. The summed E-state index contributed by atoms with van der Waals surface area (Å²) in [6, 6.07) is 2.01. The van der Waals surface area contributed by atoms with Crippen LogP contribution < -0.4 is 10.6 Å². The minimum atomic E-state index is -0.663. The molecule has 4 amide bonds. The Morgan fingerprint density at radius 2 is 1.97 bits per heavy atom. The number of hydrogen-bond acceptors (Lipinski definition) is 5. The van der Waals surface area contributed by atoms with Crippen molar-refractivity contribution in [3.8, 4) is 0 Å². The van der Waals surface area contributed by atoms with Gasteiger partial charge in [-0.15, -0.1) is 11.3 Å². The number of nitrogens with one attached hydrogen (secondary N) is 2. The molecule has 32 heavy (non-hydrogen) atoms. The summed E-state index contributed by atoms with van der Waals surface area (Å²) in [6.07, 6.45) is 6.45. The van der Waals surface area contributed by atoms with Crippen molar-refractivity contribution in [3.05, 3.63) is 22.4 Å². The fourth-order valence-electron chi connectivity index (χ4n) is 5.76. The first-order chi connectivity index (χ1) is 15.5. The van der Waals surface area contributed by atoms with E-state index in [9.17, 15) is 19.2 Å². The average Bonchev–Trinajstić information content (AvgIpc) is 3.52. The Hall–Kier alpha value is -2.42. The summed E-state index contributed by atoms with van der Waals surface area (Å²) in [5.74, 6) is -0.343. The summed E-state index contributed by atoms with van der Waals surface area (Å²) in [6.45, 7) is 0.789. The number of likely N-dealkylation sites (tertiary alicyclic amines) is 1. The zero-order valence-corrected chi connectivity index (χ0v) is 18.9. The predicted octanol–water partition coefficient (Wildman–Crippen LogP) is 1.06. The van der Waals surface area contributed by atoms with Gasteiger partial charge < -0.3 is 20.4 Å². The number of hydrogen-bond donors (Lipinski definition) is 2. The summed E-state index contributed by atoms with van der Waals surface area (Å²) in [5.41, 5.74) is 0. The van der Waals surface area contributed by atoms with E-state index in [-0.39, 0.29) is 48.1 Å². The van der Waals surface area contributed by atoms with Crippen LogP contribution in [0.25, 0.3) is 0 Å². The lowest BCUT2D eigenvalue weighted by atomic mass is 9.88. The number of fused-ring (bicyclic) bond motifs is 2. The van der Waals surface area contributed by atoms with Crippen molar-refractivity contribution in [3.63, 3.8) is 0 Å². The van der Waals surface area contributed by atoms with Gasteiger partial charge in [-0.1, -0.05) is 25.3 Å². The molecule has 8 nitrogen and oxygen atoms in total. The second kappa shape index (κ2) is 8.84. The maximum Gasteiger partial charge on any atom is 0.248 e. The number of carbonyl (C=O) groups excluding carboxylic acids is 4. The first kappa shape index (κ1) is 21.4. The zero-order valence-electron chi connectivity index (χ0n) is 18.1. The summed E-state index contributed by atoms with van der Waals surface area (Å²) >= 11 is 1.52. The first-order valence-electron chi connectivity index (χ1n) is 11.7. The highest BCUT2D eigenvalue weighted by atomic mass is 32.1. The molecule has 0 spiro atoms. The summed E-state index contributed by atoms with van der Waals surface area (Å²) in [5, 5.41) is 8.05. The van der Waals surface area contributed by atoms with Gasteiger partial charge in [0, 0.05) is 29.9 Å². The normalized spacial score (nSPS) is 30.5. The van der Waals surface area contributed by atoms with E-state index in [1.807, 2.05) is 17.5 Å². The minimum Gasteiger partial charge on any atom is -0.351 e. The molecule has 4 aliphatic rings. The van der Waals surface area contributed by atoms with E-state index < -0.39 is 12.1 Å². The predicted molar refractivity (Wildman–Crippen MR) is 119 cm³/mol. The molecule has 1 aliphatic carbocycles. The Bertz CT molecular complexity index is 898. The molecule has 172 valence electrons. The zero-order chi connectivity index (χ0) is 22.2. The molecule has 0 aromatic carbocycles. The Kier molecular flexibility index (Phi) is 5.92. The highest BCUT2D eigenvalue weighted by molar-refractivity contribution is 7.10. The number of amides is 4. The van der Waals surface area contributed by atoms with Crippen LogP contribution in [-0.4, -0.2) is 70.7 Å². The highest BCUT2D eigenvalue weighted by Crippen LogP contribution is 2.30. The van der Waals surface area contributed by atoms with E-state index in [1.54, 1.807) is 9.80 Å². The van der Waals surface area contributed by atoms with Crippen molar-refractivity contribution >= 4 is 35.0 Å². The molecule has 4 fully saturated rings. The molecule has 4 heterocycles.